The fourth-order valence-corrected chi connectivity index (χ4v) is 6.10. The topological polar surface area (TPSA) is 0 Å². The van der Waals surface area contributed by atoms with Gasteiger partial charge in [-0.2, -0.15) is 0 Å². The Hall–Kier alpha value is -1.65. The molecule has 0 spiro atoms. The van der Waals surface area contributed by atoms with Crippen LogP contribution in [0.3, 0.4) is 0 Å². The van der Waals surface area contributed by atoms with Crippen LogP contribution in [0, 0.1) is 5.92 Å². The van der Waals surface area contributed by atoms with Crippen molar-refractivity contribution in [3.8, 4) is 0 Å². The van der Waals surface area contributed by atoms with Crippen LogP contribution in [0.4, 0.5) is 0 Å². The summed E-state index contributed by atoms with van der Waals surface area (Å²) in [4.78, 5) is 0. The molecule has 0 fully saturated rings. The zero-order valence-corrected chi connectivity index (χ0v) is 14.7. The highest BCUT2D eigenvalue weighted by Gasteiger charge is 2.41. The van der Waals surface area contributed by atoms with Gasteiger partial charge in [-0.25, -0.2) is 0 Å². The summed E-state index contributed by atoms with van der Waals surface area (Å²) in [6.07, 6.45) is 9.28. The molecule has 116 valence electrons. The molecule has 0 nitrogen and oxygen atoms in total. The maximum absolute atomic E-state index is 2.43. The third-order valence-electron chi connectivity index (χ3n) is 5.26. The quantitative estimate of drug-likeness (QED) is 0.593. The first kappa shape index (κ1) is 14.9. The second-order valence-corrected chi connectivity index (χ2v) is 9.28. The van der Waals surface area contributed by atoms with Crippen LogP contribution in [-0.2, 0) is 5.16 Å². The van der Waals surface area contributed by atoms with Crippen LogP contribution in [0.25, 0.3) is 0 Å². The van der Waals surface area contributed by atoms with Gasteiger partial charge in [-0.1, -0.05) is 92.7 Å². The summed E-state index contributed by atoms with van der Waals surface area (Å²) < 4.78 is 0. The summed E-state index contributed by atoms with van der Waals surface area (Å²) in [5.41, 5.74) is 5.20. The molecule has 1 heteroatoms. The molecule has 0 saturated carbocycles. The third kappa shape index (κ3) is 2.60. The number of hydrogen-bond donors (Lipinski definition) is 0. The summed E-state index contributed by atoms with van der Waals surface area (Å²) in [5, 5.41) is 0.211. The Morgan fingerprint density at radius 1 is 0.783 bits per heavy atom. The van der Waals surface area contributed by atoms with Gasteiger partial charge in [-0.15, -0.1) is 8.58 Å². The summed E-state index contributed by atoms with van der Waals surface area (Å²) in [6, 6.07) is 20.1. The molecule has 0 N–H and O–H groups in total. The number of benzene rings is 2. The van der Waals surface area contributed by atoms with Crippen molar-refractivity contribution >= 4 is 8.58 Å². The Kier molecular flexibility index (Phi) is 3.74. The van der Waals surface area contributed by atoms with Crippen LogP contribution < -0.4 is 0 Å². The van der Waals surface area contributed by atoms with Gasteiger partial charge in [0.2, 0.25) is 0 Å². The number of allylic oxidation sites excluding steroid dienone is 4. The lowest BCUT2D eigenvalue weighted by Crippen LogP contribution is -2.15. The second kappa shape index (κ2) is 5.77. The smallest absolute Gasteiger partial charge is 0.00968 e. The van der Waals surface area contributed by atoms with E-state index in [1.807, 2.05) is 0 Å². The molecule has 2 aromatic carbocycles. The molecular formula is C22H23P. The Morgan fingerprint density at radius 2 is 1.43 bits per heavy atom. The monoisotopic (exact) mass is 318 g/mol. The molecule has 0 radical (unpaired) electrons. The average molecular weight is 318 g/mol. The highest BCUT2D eigenvalue weighted by molar-refractivity contribution is 7.40. The van der Waals surface area contributed by atoms with E-state index in [4.69, 9.17) is 0 Å². The molecule has 0 heterocycles. The molecule has 2 aliphatic rings. The van der Waals surface area contributed by atoms with Crippen molar-refractivity contribution in [3.63, 3.8) is 0 Å². The third-order valence-corrected chi connectivity index (χ3v) is 7.28. The molecule has 0 bridgehead atoms. The first-order valence-corrected chi connectivity index (χ1v) is 9.51. The maximum atomic E-state index is 2.43. The summed E-state index contributed by atoms with van der Waals surface area (Å²) in [6.45, 7) is 4.80. The number of fused-ring (bicyclic) bond motifs is 3. The van der Waals surface area contributed by atoms with Crippen molar-refractivity contribution in [3.05, 3.63) is 95.6 Å². The van der Waals surface area contributed by atoms with Crippen LogP contribution in [0.1, 0.15) is 42.1 Å². The van der Waals surface area contributed by atoms with Crippen molar-refractivity contribution in [2.75, 3.05) is 0 Å². The number of rotatable bonds is 3. The first-order chi connectivity index (χ1) is 11.2. The fourth-order valence-electron chi connectivity index (χ4n) is 4.06. The van der Waals surface area contributed by atoms with E-state index in [-0.39, 0.29) is 5.16 Å². The van der Waals surface area contributed by atoms with Gasteiger partial charge in [-0.05, 0) is 22.6 Å². The van der Waals surface area contributed by atoms with Gasteiger partial charge in [-0.3, -0.25) is 0 Å². The van der Waals surface area contributed by atoms with Crippen molar-refractivity contribution in [2.45, 2.75) is 30.6 Å². The van der Waals surface area contributed by atoms with E-state index < -0.39 is 0 Å². The second-order valence-electron chi connectivity index (χ2n) is 7.11. The van der Waals surface area contributed by atoms with Crippen molar-refractivity contribution in [1.29, 1.82) is 0 Å². The lowest BCUT2D eigenvalue weighted by molar-refractivity contribution is 0.606. The van der Waals surface area contributed by atoms with Gasteiger partial charge < -0.3 is 0 Å². The summed E-state index contributed by atoms with van der Waals surface area (Å²) in [5.74, 6) is 1.19. The largest absolute Gasteiger partial charge is 0.103 e. The standard InChI is InChI=1S/C22H23P/c1-22(2,16-10-4-3-5-11-16)23-21-19-14-8-6-12-17(19)18-13-7-9-15-20(18)21/h3-15,17,19,21,23H,1-2H3/t17?,19-,21?/m0/s1. The first-order valence-electron chi connectivity index (χ1n) is 8.44. The Balaban J connectivity index is 1.71. The van der Waals surface area contributed by atoms with Crippen LogP contribution in [0.5, 0.6) is 0 Å². The summed E-state index contributed by atoms with van der Waals surface area (Å²) in [7, 11) is 0.882. The van der Waals surface area contributed by atoms with Crippen molar-refractivity contribution in [1.82, 2.24) is 0 Å². The predicted molar refractivity (Wildman–Crippen MR) is 101 cm³/mol. The van der Waals surface area contributed by atoms with E-state index >= 15 is 0 Å². The van der Waals surface area contributed by atoms with E-state index in [1.165, 1.54) is 5.56 Å². The van der Waals surface area contributed by atoms with Crippen LogP contribution >= 0.6 is 8.58 Å². The highest BCUT2D eigenvalue weighted by Crippen LogP contribution is 2.61. The molecule has 4 atom stereocenters. The lowest BCUT2D eigenvalue weighted by atomic mass is 9.89. The van der Waals surface area contributed by atoms with Gasteiger partial charge in [0.1, 0.15) is 0 Å². The minimum Gasteiger partial charge on any atom is -0.103 e. The molecule has 4 rings (SSSR count). The van der Waals surface area contributed by atoms with Gasteiger partial charge in [0, 0.05) is 16.7 Å². The molecular weight excluding hydrogens is 295 g/mol. The average Bonchev–Trinajstić information content (AvgIpc) is 2.90. The Bertz CT molecular complexity index is 755. The van der Waals surface area contributed by atoms with E-state index in [2.05, 4.69) is 92.7 Å². The molecule has 0 aliphatic heterocycles. The summed E-state index contributed by atoms with van der Waals surface area (Å²) >= 11 is 0. The van der Waals surface area contributed by atoms with Gasteiger partial charge in [0.25, 0.3) is 0 Å². The van der Waals surface area contributed by atoms with E-state index in [0.717, 1.165) is 8.58 Å². The van der Waals surface area contributed by atoms with E-state index in [1.54, 1.807) is 11.1 Å². The molecule has 3 unspecified atom stereocenters. The maximum Gasteiger partial charge on any atom is 0.00968 e. The molecule has 0 amide bonds. The van der Waals surface area contributed by atoms with Crippen molar-refractivity contribution < 1.29 is 0 Å². The minimum absolute atomic E-state index is 0.211. The lowest BCUT2D eigenvalue weighted by Gasteiger charge is -2.32. The van der Waals surface area contributed by atoms with Crippen molar-refractivity contribution in [2.24, 2.45) is 5.92 Å². The van der Waals surface area contributed by atoms with E-state index in [9.17, 15) is 0 Å². The molecule has 0 saturated heterocycles. The molecule has 23 heavy (non-hydrogen) atoms. The highest BCUT2D eigenvalue weighted by atomic mass is 31.1. The number of hydrogen-bond acceptors (Lipinski definition) is 0. The molecule has 0 aromatic heterocycles. The van der Waals surface area contributed by atoms with Crippen LogP contribution in [0.2, 0.25) is 0 Å². The normalized spacial score (nSPS) is 25.7. The minimum atomic E-state index is 0.211. The zero-order chi connectivity index (χ0) is 15.9. The SMILES string of the molecule is CC(C)(PC1c2ccccc2C2C=CC=C[C@@H]21)c1ccccc1. The fraction of sp³-hybridized carbons (Fsp3) is 0.273. The Labute approximate surface area is 141 Å². The molecule has 2 aliphatic carbocycles. The van der Waals surface area contributed by atoms with Crippen LogP contribution in [-0.4, -0.2) is 0 Å². The van der Waals surface area contributed by atoms with Gasteiger partial charge in [0.05, 0.1) is 0 Å². The van der Waals surface area contributed by atoms with Gasteiger partial charge >= 0.3 is 0 Å². The van der Waals surface area contributed by atoms with Crippen LogP contribution in [0.15, 0.2) is 78.9 Å². The Morgan fingerprint density at radius 3 is 2.22 bits per heavy atom. The van der Waals surface area contributed by atoms with Gasteiger partial charge in [0.15, 0.2) is 0 Å². The predicted octanol–water partition coefficient (Wildman–Crippen LogP) is 6.18. The zero-order valence-electron chi connectivity index (χ0n) is 13.7. The molecule has 2 aromatic rings. The van der Waals surface area contributed by atoms with E-state index in [0.29, 0.717) is 17.5 Å².